The standard InChI is InChI=1S/C17H23NO4/c1-11-6-7-14(12(2)9-11)18(10-13(3)17(20)21)16(19)15-5-4-8-22-15/h6-7,9,13,15H,4-5,8,10H2,1-3H3,(H,20,21). The molecule has 120 valence electrons. The summed E-state index contributed by atoms with van der Waals surface area (Å²) in [6.45, 7) is 6.28. The minimum atomic E-state index is -0.907. The third-order valence-electron chi connectivity index (χ3n) is 3.99. The Bertz CT molecular complexity index is 564. The average molecular weight is 305 g/mol. The normalized spacial score (nSPS) is 19.0. The monoisotopic (exact) mass is 305 g/mol. The first-order chi connectivity index (χ1) is 10.4. The summed E-state index contributed by atoms with van der Waals surface area (Å²) in [5.41, 5.74) is 2.83. The third-order valence-corrected chi connectivity index (χ3v) is 3.99. The van der Waals surface area contributed by atoms with Crippen LogP contribution in [0, 0.1) is 19.8 Å². The molecule has 5 nitrogen and oxygen atoms in total. The molecule has 0 aliphatic carbocycles. The van der Waals surface area contributed by atoms with Crippen LogP contribution < -0.4 is 4.90 Å². The van der Waals surface area contributed by atoms with E-state index in [-0.39, 0.29) is 12.5 Å². The van der Waals surface area contributed by atoms with Crippen LogP contribution in [0.2, 0.25) is 0 Å². The zero-order valence-electron chi connectivity index (χ0n) is 13.3. The number of anilines is 1. The molecule has 0 bridgehead atoms. The van der Waals surface area contributed by atoms with Gasteiger partial charge in [-0.3, -0.25) is 9.59 Å². The Labute approximate surface area is 130 Å². The predicted octanol–water partition coefficient (Wildman–Crippen LogP) is 2.54. The number of nitrogens with zero attached hydrogens (tertiary/aromatic N) is 1. The zero-order chi connectivity index (χ0) is 16.3. The molecule has 1 aromatic carbocycles. The number of carbonyl (C=O) groups excluding carboxylic acids is 1. The Morgan fingerprint density at radius 1 is 1.41 bits per heavy atom. The minimum Gasteiger partial charge on any atom is -0.481 e. The second kappa shape index (κ2) is 6.92. The fraction of sp³-hybridized carbons (Fsp3) is 0.529. The molecule has 0 saturated carbocycles. The highest BCUT2D eigenvalue weighted by molar-refractivity contribution is 5.98. The van der Waals surface area contributed by atoms with E-state index in [2.05, 4.69) is 0 Å². The summed E-state index contributed by atoms with van der Waals surface area (Å²) in [6.07, 6.45) is 1.11. The van der Waals surface area contributed by atoms with Crippen LogP contribution in [0.1, 0.15) is 30.9 Å². The lowest BCUT2D eigenvalue weighted by Gasteiger charge is -2.28. The summed E-state index contributed by atoms with van der Waals surface area (Å²) in [4.78, 5) is 25.5. The molecule has 1 saturated heterocycles. The first-order valence-corrected chi connectivity index (χ1v) is 7.63. The van der Waals surface area contributed by atoms with Crippen LogP contribution in [0.15, 0.2) is 18.2 Å². The van der Waals surface area contributed by atoms with Crippen molar-refractivity contribution in [1.82, 2.24) is 0 Å². The number of carboxylic acids is 1. The molecule has 1 N–H and O–H groups in total. The number of benzene rings is 1. The van der Waals surface area contributed by atoms with Gasteiger partial charge in [0.05, 0.1) is 5.92 Å². The third kappa shape index (κ3) is 3.65. The van der Waals surface area contributed by atoms with Crippen molar-refractivity contribution in [3.63, 3.8) is 0 Å². The van der Waals surface area contributed by atoms with E-state index in [0.29, 0.717) is 13.0 Å². The minimum absolute atomic E-state index is 0.141. The van der Waals surface area contributed by atoms with Gasteiger partial charge in [-0.2, -0.15) is 0 Å². The Morgan fingerprint density at radius 2 is 2.14 bits per heavy atom. The highest BCUT2D eigenvalue weighted by Crippen LogP contribution is 2.25. The predicted molar refractivity (Wildman–Crippen MR) is 84.0 cm³/mol. The average Bonchev–Trinajstić information content (AvgIpc) is 2.98. The van der Waals surface area contributed by atoms with Gasteiger partial charge in [-0.25, -0.2) is 0 Å². The van der Waals surface area contributed by atoms with E-state index in [1.807, 2.05) is 32.0 Å². The van der Waals surface area contributed by atoms with Gasteiger partial charge >= 0.3 is 5.97 Å². The molecule has 0 aromatic heterocycles. The molecule has 1 heterocycles. The number of carboxylic acid groups (broad SMARTS) is 1. The van der Waals surface area contributed by atoms with Gasteiger partial charge in [-0.15, -0.1) is 0 Å². The van der Waals surface area contributed by atoms with Crippen molar-refractivity contribution in [2.75, 3.05) is 18.1 Å². The van der Waals surface area contributed by atoms with Crippen molar-refractivity contribution in [3.8, 4) is 0 Å². The molecule has 2 rings (SSSR count). The van der Waals surface area contributed by atoms with Gasteiger partial charge in [-0.1, -0.05) is 24.6 Å². The zero-order valence-corrected chi connectivity index (χ0v) is 13.3. The molecule has 0 radical (unpaired) electrons. The molecule has 22 heavy (non-hydrogen) atoms. The largest absolute Gasteiger partial charge is 0.481 e. The van der Waals surface area contributed by atoms with Gasteiger partial charge in [0.15, 0.2) is 0 Å². The van der Waals surface area contributed by atoms with Gasteiger partial charge in [0.2, 0.25) is 0 Å². The van der Waals surface area contributed by atoms with Crippen molar-refractivity contribution in [2.45, 2.75) is 39.7 Å². The lowest BCUT2D eigenvalue weighted by Crippen LogP contribution is -2.43. The molecule has 1 aromatic rings. The van der Waals surface area contributed by atoms with E-state index in [0.717, 1.165) is 23.2 Å². The quantitative estimate of drug-likeness (QED) is 0.908. The molecule has 5 heteroatoms. The maximum Gasteiger partial charge on any atom is 0.308 e. The fourth-order valence-electron chi connectivity index (χ4n) is 2.71. The van der Waals surface area contributed by atoms with Crippen LogP contribution in [0.25, 0.3) is 0 Å². The molecule has 2 unspecified atom stereocenters. The van der Waals surface area contributed by atoms with E-state index in [4.69, 9.17) is 9.84 Å². The number of hydrogen-bond donors (Lipinski definition) is 1. The highest BCUT2D eigenvalue weighted by atomic mass is 16.5. The first kappa shape index (κ1) is 16.5. The molecular weight excluding hydrogens is 282 g/mol. The Morgan fingerprint density at radius 3 is 2.68 bits per heavy atom. The van der Waals surface area contributed by atoms with Gasteiger partial charge in [0, 0.05) is 18.8 Å². The van der Waals surface area contributed by atoms with Crippen LogP contribution in [-0.2, 0) is 14.3 Å². The Balaban J connectivity index is 2.31. The number of aliphatic carboxylic acids is 1. The number of aryl methyl sites for hydroxylation is 2. The number of amides is 1. The molecule has 1 amide bonds. The lowest BCUT2D eigenvalue weighted by molar-refractivity contribution is -0.140. The molecule has 1 aliphatic heterocycles. The Kier molecular flexibility index (Phi) is 5.19. The van der Waals surface area contributed by atoms with E-state index in [1.54, 1.807) is 11.8 Å². The Hall–Kier alpha value is -1.88. The van der Waals surface area contributed by atoms with Gasteiger partial charge in [0.1, 0.15) is 6.10 Å². The summed E-state index contributed by atoms with van der Waals surface area (Å²) >= 11 is 0. The second-order valence-electron chi connectivity index (χ2n) is 5.98. The number of hydrogen-bond acceptors (Lipinski definition) is 3. The van der Waals surface area contributed by atoms with Gasteiger partial charge in [-0.05, 0) is 38.3 Å². The van der Waals surface area contributed by atoms with Crippen LogP contribution in [-0.4, -0.2) is 36.2 Å². The fourth-order valence-corrected chi connectivity index (χ4v) is 2.71. The van der Waals surface area contributed by atoms with Crippen molar-refractivity contribution < 1.29 is 19.4 Å². The maximum absolute atomic E-state index is 12.7. The van der Waals surface area contributed by atoms with Gasteiger partial charge < -0.3 is 14.7 Å². The summed E-state index contributed by atoms with van der Waals surface area (Å²) in [5, 5.41) is 9.17. The summed E-state index contributed by atoms with van der Waals surface area (Å²) in [5.74, 6) is -1.68. The van der Waals surface area contributed by atoms with E-state index in [9.17, 15) is 9.59 Å². The summed E-state index contributed by atoms with van der Waals surface area (Å²) < 4.78 is 5.48. The van der Waals surface area contributed by atoms with Crippen LogP contribution in [0.5, 0.6) is 0 Å². The number of carbonyl (C=O) groups is 2. The van der Waals surface area contributed by atoms with Gasteiger partial charge in [0.25, 0.3) is 5.91 Å². The summed E-state index contributed by atoms with van der Waals surface area (Å²) in [7, 11) is 0. The maximum atomic E-state index is 12.7. The topological polar surface area (TPSA) is 66.8 Å². The van der Waals surface area contributed by atoms with Crippen LogP contribution in [0.4, 0.5) is 5.69 Å². The second-order valence-corrected chi connectivity index (χ2v) is 5.98. The number of rotatable bonds is 5. The highest BCUT2D eigenvalue weighted by Gasteiger charge is 2.31. The molecule has 2 atom stereocenters. The van der Waals surface area contributed by atoms with Crippen molar-refractivity contribution in [2.24, 2.45) is 5.92 Å². The summed E-state index contributed by atoms with van der Waals surface area (Å²) in [6, 6.07) is 5.81. The molecule has 1 fully saturated rings. The molecule has 1 aliphatic rings. The van der Waals surface area contributed by atoms with Crippen molar-refractivity contribution in [3.05, 3.63) is 29.3 Å². The van der Waals surface area contributed by atoms with Crippen LogP contribution >= 0.6 is 0 Å². The molecular formula is C17H23NO4. The van der Waals surface area contributed by atoms with Crippen LogP contribution in [0.3, 0.4) is 0 Å². The SMILES string of the molecule is Cc1ccc(N(CC(C)C(=O)O)C(=O)C2CCCO2)c(C)c1. The lowest BCUT2D eigenvalue weighted by atomic mass is 10.1. The smallest absolute Gasteiger partial charge is 0.308 e. The van der Waals surface area contributed by atoms with E-state index >= 15 is 0 Å². The first-order valence-electron chi connectivity index (χ1n) is 7.63. The van der Waals surface area contributed by atoms with E-state index in [1.165, 1.54) is 0 Å². The molecule has 0 spiro atoms. The number of ether oxygens (including phenoxy) is 1. The van der Waals surface area contributed by atoms with Crippen molar-refractivity contribution in [1.29, 1.82) is 0 Å². The van der Waals surface area contributed by atoms with E-state index < -0.39 is 18.0 Å². The van der Waals surface area contributed by atoms with Crippen molar-refractivity contribution >= 4 is 17.6 Å².